The summed E-state index contributed by atoms with van der Waals surface area (Å²) in [6.45, 7) is 3.49. The van der Waals surface area contributed by atoms with Crippen molar-refractivity contribution in [2.45, 2.75) is 26.4 Å². The lowest BCUT2D eigenvalue weighted by Crippen LogP contribution is -1.98. The second-order valence-corrected chi connectivity index (χ2v) is 5.31. The second kappa shape index (κ2) is 6.55. The van der Waals surface area contributed by atoms with Gasteiger partial charge in [0.15, 0.2) is 0 Å². The van der Waals surface area contributed by atoms with Gasteiger partial charge >= 0.3 is 0 Å². The van der Waals surface area contributed by atoms with Crippen LogP contribution in [0.3, 0.4) is 0 Å². The highest BCUT2D eigenvalue weighted by Gasteiger charge is 2.01. The zero-order chi connectivity index (χ0) is 14.5. The summed E-state index contributed by atoms with van der Waals surface area (Å²) in [5, 5.41) is 2.54. The SMILES string of the molecule is Cc1[nH]cnc1CCCOCc1ccc2ccccc2c1. The summed E-state index contributed by atoms with van der Waals surface area (Å²) < 4.78 is 5.77. The molecule has 0 aliphatic rings. The van der Waals surface area contributed by atoms with E-state index < -0.39 is 0 Å². The number of rotatable bonds is 6. The van der Waals surface area contributed by atoms with Crippen molar-refractivity contribution in [3.63, 3.8) is 0 Å². The molecule has 0 atom stereocenters. The number of hydrogen-bond acceptors (Lipinski definition) is 2. The topological polar surface area (TPSA) is 37.9 Å². The van der Waals surface area contributed by atoms with Gasteiger partial charge in [0.25, 0.3) is 0 Å². The molecule has 1 N–H and O–H groups in total. The Bertz CT molecular complexity index is 718. The largest absolute Gasteiger partial charge is 0.377 e. The number of ether oxygens (including phenoxy) is 1. The molecule has 0 bridgehead atoms. The van der Waals surface area contributed by atoms with Crippen LogP contribution < -0.4 is 0 Å². The minimum atomic E-state index is 0.671. The number of aromatic amines is 1. The summed E-state index contributed by atoms with van der Waals surface area (Å²) in [5.41, 5.74) is 3.53. The number of fused-ring (bicyclic) bond motifs is 1. The Morgan fingerprint density at radius 1 is 1.10 bits per heavy atom. The van der Waals surface area contributed by atoms with Gasteiger partial charge in [-0.15, -0.1) is 0 Å². The van der Waals surface area contributed by atoms with Crippen molar-refractivity contribution in [2.75, 3.05) is 6.61 Å². The highest BCUT2D eigenvalue weighted by molar-refractivity contribution is 5.82. The van der Waals surface area contributed by atoms with E-state index in [2.05, 4.69) is 59.4 Å². The van der Waals surface area contributed by atoms with Crippen molar-refractivity contribution >= 4 is 10.8 Å². The van der Waals surface area contributed by atoms with Gasteiger partial charge in [-0.2, -0.15) is 0 Å². The maximum absolute atomic E-state index is 5.77. The first kappa shape index (κ1) is 13.8. The number of H-pyrrole nitrogens is 1. The normalized spacial score (nSPS) is 11.1. The van der Waals surface area contributed by atoms with Crippen molar-refractivity contribution < 1.29 is 4.74 Å². The van der Waals surface area contributed by atoms with E-state index >= 15 is 0 Å². The molecule has 0 unspecified atom stereocenters. The van der Waals surface area contributed by atoms with Crippen molar-refractivity contribution in [2.24, 2.45) is 0 Å². The molecule has 3 rings (SSSR count). The molecule has 0 radical (unpaired) electrons. The third-order valence-corrected chi connectivity index (χ3v) is 3.72. The molecular formula is C18H20N2O. The number of nitrogens with one attached hydrogen (secondary N) is 1. The van der Waals surface area contributed by atoms with Crippen molar-refractivity contribution in [3.8, 4) is 0 Å². The fourth-order valence-electron chi connectivity index (χ4n) is 2.50. The highest BCUT2D eigenvalue weighted by Crippen LogP contribution is 2.16. The van der Waals surface area contributed by atoms with Crippen molar-refractivity contribution in [1.82, 2.24) is 9.97 Å². The lowest BCUT2D eigenvalue weighted by molar-refractivity contribution is 0.118. The van der Waals surface area contributed by atoms with Crippen molar-refractivity contribution in [3.05, 3.63) is 65.7 Å². The summed E-state index contributed by atoms with van der Waals surface area (Å²) in [4.78, 5) is 7.40. The van der Waals surface area contributed by atoms with Crippen LogP contribution in [0.5, 0.6) is 0 Å². The van der Waals surface area contributed by atoms with Crippen molar-refractivity contribution in [1.29, 1.82) is 0 Å². The van der Waals surface area contributed by atoms with E-state index in [-0.39, 0.29) is 0 Å². The van der Waals surface area contributed by atoms with Crippen LogP contribution >= 0.6 is 0 Å². The number of imidazole rings is 1. The first-order valence-electron chi connectivity index (χ1n) is 7.37. The van der Waals surface area contributed by atoms with Crippen LogP contribution in [0.15, 0.2) is 48.8 Å². The van der Waals surface area contributed by atoms with E-state index in [0.717, 1.165) is 30.8 Å². The predicted octanol–water partition coefficient (Wildman–Crippen LogP) is 4.02. The molecule has 1 heterocycles. The zero-order valence-corrected chi connectivity index (χ0v) is 12.3. The Hall–Kier alpha value is -2.13. The lowest BCUT2D eigenvalue weighted by Gasteiger charge is -2.06. The Kier molecular flexibility index (Phi) is 4.31. The van der Waals surface area contributed by atoms with Gasteiger partial charge in [0.1, 0.15) is 0 Å². The maximum Gasteiger partial charge on any atom is 0.0925 e. The average molecular weight is 280 g/mol. The van der Waals surface area contributed by atoms with Gasteiger partial charge in [0.05, 0.1) is 18.6 Å². The van der Waals surface area contributed by atoms with E-state index in [9.17, 15) is 0 Å². The molecule has 21 heavy (non-hydrogen) atoms. The minimum absolute atomic E-state index is 0.671. The minimum Gasteiger partial charge on any atom is -0.377 e. The lowest BCUT2D eigenvalue weighted by atomic mass is 10.1. The van der Waals surface area contributed by atoms with Crippen LogP contribution in [-0.4, -0.2) is 16.6 Å². The molecule has 3 nitrogen and oxygen atoms in total. The molecule has 3 aromatic rings. The van der Waals surface area contributed by atoms with Crippen LogP contribution in [0.1, 0.15) is 23.4 Å². The number of aromatic nitrogens is 2. The van der Waals surface area contributed by atoms with Gasteiger partial charge in [-0.25, -0.2) is 4.98 Å². The molecule has 0 aliphatic carbocycles. The highest BCUT2D eigenvalue weighted by atomic mass is 16.5. The maximum atomic E-state index is 5.77. The summed E-state index contributed by atoms with van der Waals surface area (Å²) in [6, 6.07) is 14.9. The smallest absolute Gasteiger partial charge is 0.0925 e. The summed E-state index contributed by atoms with van der Waals surface area (Å²) in [5.74, 6) is 0. The Morgan fingerprint density at radius 2 is 1.95 bits per heavy atom. The second-order valence-electron chi connectivity index (χ2n) is 5.31. The number of benzene rings is 2. The monoisotopic (exact) mass is 280 g/mol. The standard InChI is InChI=1S/C18H20N2O/c1-14-18(20-13-19-14)7-4-10-21-12-15-8-9-16-5-2-3-6-17(16)11-15/h2-3,5-6,8-9,11,13H,4,7,10,12H2,1H3,(H,19,20). The van der Waals surface area contributed by atoms with Crippen LogP contribution in [0, 0.1) is 6.92 Å². The quantitative estimate of drug-likeness (QED) is 0.692. The molecule has 0 spiro atoms. The molecule has 3 heteroatoms. The first-order valence-corrected chi connectivity index (χ1v) is 7.37. The van der Waals surface area contributed by atoms with Gasteiger partial charge < -0.3 is 9.72 Å². The van der Waals surface area contributed by atoms with E-state index in [1.54, 1.807) is 6.33 Å². The molecule has 0 saturated carbocycles. The Morgan fingerprint density at radius 3 is 2.76 bits per heavy atom. The fourth-order valence-corrected chi connectivity index (χ4v) is 2.50. The van der Waals surface area contributed by atoms with Crippen LogP contribution in [0.2, 0.25) is 0 Å². The molecule has 0 aliphatic heterocycles. The van der Waals surface area contributed by atoms with E-state index in [1.165, 1.54) is 16.3 Å². The zero-order valence-electron chi connectivity index (χ0n) is 12.3. The molecule has 0 fully saturated rings. The van der Waals surface area contributed by atoms with Gasteiger partial charge in [0, 0.05) is 12.3 Å². The van der Waals surface area contributed by atoms with E-state index in [1.807, 2.05) is 0 Å². The fraction of sp³-hybridized carbons (Fsp3) is 0.278. The van der Waals surface area contributed by atoms with E-state index in [0.29, 0.717) is 6.61 Å². The van der Waals surface area contributed by atoms with Gasteiger partial charge in [-0.1, -0.05) is 36.4 Å². The molecular weight excluding hydrogens is 260 g/mol. The Balaban J connectivity index is 1.47. The summed E-state index contributed by atoms with van der Waals surface area (Å²) >= 11 is 0. The number of aryl methyl sites for hydroxylation is 2. The average Bonchev–Trinajstić information content (AvgIpc) is 2.92. The molecule has 0 saturated heterocycles. The first-order chi connectivity index (χ1) is 10.3. The molecule has 1 aromatic heterocycles. The molecule has 0 amide bonds. The van der Waals surface area contributed by atoms with Gasteiger partial charge in [-0.05, 0) is 42.2 Å². The number of nitrogens with zero attached hydrogens (tertiary/aromatic N) is 1. The number of hydrogen-bond donors (Lipinski definition) is 1. The third kappa shape index (κ3) is 3.50. The van der Waals surface area contributed by atoms with E-state index in [4.69, 9.17) is 4.74 Å². The van der Waals surface area contributed by atoms with Gasteiger partial charge in [-0.3, -0.25) is 0 Å². The van der Waals surface area contributed by atoms with Crippen LogP contribution in [0.4, 0.5) is 0 Å². The molecule has 2 aromatic carbocycles. The Labute approximate surface area is 125 Å². The molecule has 108 valence electrons. The third-order valence-electron chi connectivity index (χ3n) is 3.72. The predicted molar refractivity (Wildman–Crippen MR) is 85.2 cm³/mol. The van der Waals surface area contributed by atoms with Crippen LogP contribution in [0.25, 0.3) is 10.8 Å². The summed E-state index contributed by atoms with van der Waals surface area (Å²) in [6.07, 6.45) is 3.72. The van der Waals surface area contributed by atoms with Crippen LogP contribution in [-0.2, 0) is 17.8 Å². The summed E-state index contributed by atoms with van der Waals surface area (Å²) in [7, 11) is 0. The van der Waals surface area contributed by atoms with Gasteiger partial charge in [0.2, 0.25) is 0 Å².